The number of ether oxygens (including phenoxy) is 1. The average molecular weight is 215 g/mol. The molecule has 0 radical (unpaired) electrons. The molecular weight excluding hydrogens is 198 g/mol. The summed E-state index contributed by atoms with van der Waals surface area (Å²) in [5.74, 6) is 1.42. The molecule has 16 heavy (non-hydrogen) atoms. The van der Waals surface area contributed by atoms with Crippen LogP contribution < -0.4 is 4.74 Å². The number of rotatable bonds is 3. The Hall–Kier alpha value is -1.49. The number of hydrogen-bond acceptors (Lipinski definition) is 2. The highest BCUT2D eigenvalue weighted by molar-refractivity contribution is 5.45. The molecule has 1 aliphatic rings. The highest BCUT2D eigenvalue weighted by Crippen LogP contribution is 2.26. The molecular formula is C14H17NO. The lowest BCUT2D eigenvalue weighted by Gasteiger charge is -2.12. The molecule has 0 bridgehead atoms. The van der Waals surface area contributed by atoms with Gasteiger partial charge < -0.3 is 4.74 Å². The first-order chi connectivity index (χ1) is 7.79. The molecule has 2 heteroatoms. The Bertz CT molecular complexity index is 400. The predicted octanol–water partition coefficient (Wildman–Crippen LogP) is 3.44. The molecule has 1 aromatic rings. The second-order valence-electron chi connectivity index (χ2n) is 4.57. The van der Waals surface area contributed by atoms with E-state index in [4.69, 9.17) is 10.00 Å². The zero-order valence-electron chi connectivity index (χ0n) is 9.70. The van der Waals surface area contributed by atoms with E-state index in [9.17, 15) is 0 Å². The molecule has 1 aliphatic carbocycles. The molecule has 0 saturated heterocycles. The number of benzene rings is 1. The summed E-state index contributed by atoms with van der Waals surface area (Å²) < 4.78 is 5.74. The van der Waals surface area contributed by atoms with E-state index in [2.05, 4.69) is 6.07 Å². The lowest BCUT2D eigenvalue weighted by Crippen LogP contribution is -2.08. The summed E-state index contributed by atoms with van der Waals surface area (Å²) in [7, 11) is 0. The van der Waals surface area contributed by atoms with Gasteiger partial charge in [-0.15, -0.1) is 0 Å². The van der Waals surface area contributed by atoms with Crippen molar-refractivity contribution in [1.82, 2.24) is 0 Å². The quantitative estimate of drug-likeness (QED) is 0.773. The normalized spacial score (nSPS) is 16.0. The van der Waals surface area contributed by atoms with Gasteiger partial charge in [0.15, 0.2) is 0 Å². The van der Waals surface area contributed by atoms with Crippen molar-refractivity contribution in [3.05, 3.63) is 29.3 Å². The first kappa shape index (κ1) is 11.0. The van der Waals surface area contributed by atoms with E-state index in [-0.39, 0.29) is 0 Å². The number of nitrogens with zero attached hydrogens (tertiary/aromatic N) is 1. The van der Waals surface area contributed by atoms with Crippen molar-refractivity contribution >= 4 is 0 Å². The van der Waals surface area contributed by atoms with Gasteiger partial charge in [-0.05, 0) is 43.4 Å². The molecule has 0 amide bonds. The van der Waals surface area contributed by atoms with E-state index < -0.39 is 0 Å². The van der Waals surface area contributed by atoms with Gasteiger partial charge in [-0.25, -0.2) is 0 Å². The van der Waals surface area contributed by atoms with E-state index in [0.717, 1.165) is 17.9 Å². The lowest BCUT2D eigenvalue weighted by atomic mass is 10.1. The van der Waals surface area contributed by atoms with Gasteiger partial charge >= 0.3 is 0 Å². The largest absolute Gasteiger partial charge is 0.492 e. The molecule has 84 valence electrons. The molecule has 2 nitrogen and oxygen atoms in total. The second-order valence-corrected chi connectivity index (χ2v) is 4.57. The molecule has 0 aliphatic heterocycles. The molecule has 0 N–H and O–H groups in total. The van der Waals surface area contributed by atoms with Crippen LogP contribution in [0, 0.1) is 24.2 Å². The average Bonchev–Trinajstić information content (AvgIpc) is 2.80. The van der Waals surface area contributed by atoms with Crippen LogP contribution in [-0.2, 0) is 0 Å². The summed E-state index contributed by atoms with van der Waals surface area (Å²) in [4.78, 5) is 0. The fourth-order valence-electron chi connectivity index (χ4n) is 2.24. The van der Waals surface area contributed by atoms with Gasteiger partial charge in [-0.3, -0.25) is 0 Å². The summed E-state index contributed by atoms with van der Waals surface area (Å²) in [6.07, 6.45) is 5.20. The van der Waals surface area contributed by atoms with Gasteiger partial charge in [0.1, 0.15) is 11.8 Å². The maximum atomic E-state index is 9.00. The second kappa shape index (κ2) is 5.03. The molecule has 1 fully saturated rings. The molecule has 2 rings (SSSR count). The third-order valence-corrected chi connectivity index (χ3v) is 3.20. The van der Waals surface area contributed by atoms with Crippen LogP contribution in [0.2, 0.25) is 0 Å². The van der Waals surface area contributed by atoms with E-state index in [0.29, 0.717) is 11.5 Å². The third-order valence-electron chi connectivity index (χ3n) is 3.20. The monoisotopic (exact) mass is 215 g/mol. The summed E-state index contributed by atoms with van der Waals surface area (Å²) >= 11 is 0. The van der Waals surface area contributed by atoms with Crippen molar-refractivity contribution in [2.75, 3.05) is 6.61 Å². The van der Waals surface area contributed by atoms with Crippen molar-refractivity contribution in [3.63, 3.8) is 0 Å². The summed E-state index contributed by atoms with van der Waals surface area (Å²) in [5, 5.41) is 9.00. The van der Waals surface area contributed by atoms with Crippen LogP contribution in [0.15, 0.2) is 18.2 Å². The van der Waals surface area contributed by atoms with Gasteiger partial charge in [0.2, 0.25) is 0 Å². The zero-order valence-corrected chi connectivity index (χ0v) is 9.70. The molecule has 1 aromatic carbocycles. The lowest BCUT2D eigenvalue weighted by molar-refractivity contribution is 0.251. The summed E-state index contributed by atoms with van der Waals surface area (Å²) in [6, 6.07) is 7.96. The Kier molecular flexibility index (Phi) is 3.46. The van der Waals surface area contributed by atoms with Crippen molar-refractivity contribution in [2.45, 2.75) is 32.6 Å². The first-order valence-electron chi connectivity index (χ1n) is 5.93. The van der Waals surface area contributed by atoms with E-state index in [1.165, 1.54) is 25.7 Å². The van der Waals surface area contributed by atoms with Crippen LogP contribution in [0.1, 0.15) is 36.8 Å². The Balaban J connectivity index is 2.00. The third kappa shape index (κ3) is 2.55. The molecule has 0 heterocycles. The van der Waals surface area contributed by atoms with Gasteiger partial charge in [0.05, 0.1) is 12.2 Å². The minimum atomic E-state index is 0.651. The van der Waals surface area contributed by atoms with Crippen molar-refractivity contribution in [3.8, 4) is 11.8 Å². The molecule has 0 spiro atoms. The molecule has 0 aromatic heterocycles. The summed E-state index contributed by atoms with van der Waals surface area (Å²) in [6.45, 7) is 2.75. The SMILES string of the molecule is Cc1ccc(OCC2CCCC2)c(C#N)c1. The van der Waals surface area contributed by atoms with Crippen LogP contribution in [-0.4, -0.2) is 6.61 Å². The minimum absolute atomic E-state index is 0.651. The van der Waals surface area contributed by atoms with Crippen molar-refractivity contribution < 1.29 is 4.74 Å². The van der Waals surface area contributed by atoms with Gasteiger partial charge in [-0.1, -0.05) is 18.9 Å². The van der Waals surface area contributed by atoms with Crippen molar-refractivity contribution in [1.29, 1.82) is 5.26 Å². The maximum absolute atomic E-state index is 9.00. The maximum Gasteiger partial charge on any atom is 0.137 e. The van der Waals surface area contributed by atoms with Crippen LogP contribution in [0.4, 0.5) is 0 Å². The van der Waals surface area contributed by atoms with Crippen LogP contribution in [0.5, 0.6) is 5.75 Å². The van der Waals surface area contributed by atoms with Gasteiger partial charge in [-0.2, -0.15) is 5.26 Å². The molecule has 0 unspecified atom stereocenters. The zero-order chi connectivity index (χ0) is 11.4. The highest BCUT2D eigenvalue weighted by atomic mass is 16.5. The highest BCUT2D eigenvalue weighted by Gasteiger charge is 2.16. The Labute approximate surface area is 96.9 Å². The Morgan fingerprint density at radius 1 is 1.38 bits per heavy atom. The topological polar surface area (TPSA) is 33.0 Å². The van der Waals surface area contributed by atoms with E-state index >= 15 is 0 Å². The Morgan fingerprint density at radius 2 is 2.12 bits per heavy atom. The standard InChI is InChI=1S/C14H17NO/c1-11-6-7-14(13(8-11)9-15)16-10-12-4-2-3-5-12/h6-8,12H,2-5,10H2,1H3. The smallest absolute Gasteiger partial charge is 0.137 e. The predicted molar refractivity (Wildman–Crippen MR) is 63.3 cm³/mol. The van der Waals surface area contributed by atoms with Crippen LogP contribution in [0.3, 0.4) is 0 Å². The fourth-order valence-corrected chi connectivity index (χ4v) is 2.24. The van der Waals surface area contributed by atoms with Gasteiger partial charge in [0, 0.05) is 0 Å². The van der Waals surface area contributed by atoms with E-state index in [1.807, 2.05) is 25.1 Å². The van der Waals surface area contributed by atoms with Gasteiger partial charge in [0.25, 0.3) is 0 Å². The molecule has 0 atom stereocenters. The summed E-state index contributed by atoms with van der Waals surface area (Å²) in [5.41, 5.74) is 1.75. The van der Waals surface area contributed by atoms with Crippen LogP contribution in [0.25, 0.3) is 0 Å². The first-order valence-corrected chi connectivity index (χ1v) is 5.93. The number of nitriles is 1. The number of hydrogen-bond donors (Lipinski definition) is 0. The Morgan fingerprint density at radius 3 is 2.81 bits per heavy atom. The molecule has 1 saturated carbocycles. The van der Waals surface area contributed by atoms with E-state index in [1.54, 1.807) is 0 Å². The van der Waals surface area contributed by atoms with Crippen LogP contribution >= 0.6 is 0 Å². The fraction of sp³-hybridized carbons (Fsp3) is 0.500. The minimum Gasteiger partial charge on any atom is -0.492 e. The number of aryl methyl sites for hydroxylation is 1. The van der Waals surface area contributed by atoms with Crippen molar-refractivity contribution in [2.24, 2.45) is 5.92 Å².